The van der Waals surface area contributed by atoms with E-state index in [0.29, 0.717) is 11.3 Å². The lowest BCUT2D eigenvalue weighted by atomic mass is 10.1. The fraction of sp³-hybridized carbons (Fsp3) is 0.105. The third-order valence-corrected chi connectivity index (χ3v) is 4.09. The zero-order valence-electron chi connectivity index (χ0n) is 13.7. The third kappa shape index (κ3) is 3.01. The number of rotatable bonds is 4. The van der Waals surface area contributed by atoms with E-state index in [9.17, 15) is 4.79 Å². The molecule has 1 amide bonds. The molecule has 4 aromatic rings. The largest absolute Gasteiger partial charge is 0.344 e. The molecule has 1 aromatic carbocycles. The van der Waals surface area contributed by atoms with E-state index in [-0.39, 0.29) is 11.9 Å². The number of hydrogen-bond donors (Lipinski definition) is 1. The molecule has 4 rings (SSSR count). The summed E-state index contributed by atoms with van der Waals surface area (Å²) in [4.78, 5) is 16.7. The molecule has 6 heteroatoms. The fourth-order valence-corrected chi connectivity index (χ4v) is 2.76. The quantitative estimate of drug-likeness (QED) is 0.625. The summed E-state index contributed by atoms with van der Waals surface area (Å²) in [6, 6.07) is 15.4. The monoisotopic (exact) mass is 331 g/mol. The van der Waals surface area contributed by atoms with Crippen LogP contribution in [0.3, 0.4) is 0 Å². The molecule has 0 radical (unpaired) electrons. The minimum Gasteiger partial charge on any atom is -0.344 e. The number of aromatic nitrogens is 4. The Hall–Kier alpha value is -3.41. The lowest BCUT2D eigenvalue weighted by molar-refractivity contribution is 0.0934. The van der Waals surface area contributed by atoms with E-state index in [4.69, 9.17) is 0 Å². The van der Waals surface area contributed by atoms with E-state index in [2.05, 4.69) is 21.5 Å². The highest BCUT2D eigenvalue weighted by atomic mass is 16.2. The van der Waals surface area contributed by atoms with Crippen molar-refractivity contribution in [3.05, 3.63) is 84.6 Å². The lowest BCUT2D eigenvalue weighted by Gasteiger charge is -2.15. The Balaban J connectivity index is 1.54. The number of nitrogens with zero attached hydrogens (tertiary/aromatic N) is 4. The molecule has 1 atom stereocenters. The summed E-state index contributed by atoms with van der Waals surface area (Å²) in [6.45, 7) is 1.96. The number of carbonyl (C=O) groups is 1. The summed E-state index contributed by atoms with van der Waals surface area (Å²) >= 11 is 0. The zero-order chi connectivity index (χ0) is 17.2. The van der Waals surface area contributed by atoms with Crippen LogP contribution in [0.25, 0.3) is 11.3 Å². The number of amides is 1. The maximum Gasteiger partial charge on any atom is 0.272 e. The molecule has 0 fully saturated rings. The molecule has 0 saturated carbocycles. The van der Waals surface area contributed by atoms with Gasteiger partial charge in [0.05, 0.1) is 6.04 Å². The van der Waals surface area contributed by atoms with Crippen LogP contribution in [0.5, 0.6) is 0 Å². The standard InChI is InChI=1S/C19H17N5O/c1-14(15-6-4-7-16(12-15)23-9-2-3-10-23)21-19(25)17-13-18-20-8-5-11-24(18)22-17/h2-14H,1H3,(H,21,25). The van der Waals surface area contributed by atoms with E-state index < -0.39 is 0 Å². The Morgan fingerprint density at radius 1 is 1.08 bits per heavy atom. The van der Waals surface area contributed by atoms with Crippen molar-refractivity contribution < 1.29 is 4.79 Å². The maximum atomic E-state index is 12.5. The van der Waals surface area contributed by atoms with Crippen LogP contribution < -0.4 is 5.32 Å². The van der Waals surface area contributed by atoms with E-state index in [0.717, 1.165) is 11.3 Å². The molecular formula is C19H17N5O. The first-order chi connectivity index (χ1) is 12.2. The first-order valence-electron chi connectivity index (χ1n) is 8.05. The Labute approximate surface area is 144 Å². The smallest absolute Gasteiger partial charge is 0.272 e. The van der Waals surface area contributed by atoms with Crippen molar-refractivity contribution >= 4 is 11.6 Å². The summed E-state index contributed by atoms with van der Waals surface area (Å²) < 4.78 is 3.62. The van der Waals surface area contributed by atoms with Gasteiger partial charge in [-0.1, -0.05) is 12.1 Å². The molecular weight excluding hydrogens is 314 g/mol. The molecule has 3 aromatic heterocycles. The van der Waals surface area contributed by atoms with Gasteiger partial charge in [0.25, 0.3) is 5.91 Å². The third-order valence-electron chi connectivity index (χ3n) is 4.09. The van der Waals surface area contributed by atoms with Crippen molar-refractivity contribution in [1.82, 2.24) is 24.5 Å². The molecule has 3 heterocycles. The van der Waals surface area contributed by atoms with Gasteiger partial charge in [0.2, 0.25) is 0 Å². The summed E-state index contributed by atoms with van der Waals surface area (Å²) in [6.07, 6.45) is 7.43. The van der Waals surface area contributed by atoms with Crippen LogP contribution in [0.4, 0.5) is 0 Å². The molecule has 0 aliphatic rings. The van der Waals surface area contributed by atoms with Gasteiger partial charge in [-0.25, -0.2) is 9.50 Å². The van der Waals surface area contributed by atoms with Crippen molar-refractivity contribution in [1.29, 1.82) is 0 Å². The SMILES string of the molecule is CC(NC(=O)c1cc2ncccn2n1)c1cccc(-n2cccc2)c1. The van der Waals surface area contributed by atoms with Crippen molar-refractivity contribution in [2.75, 3.05) is 0 Å². The number of fused-ring (bicyclic) bond motifs is 1. The van der Waals surface area contributed by atoms with Crippen molar-refractivity contribution in [3.63, 3.8) is 0 Å². The molecule has 0 aliphatic heterocycles. The van der Waals surface area contributed by atoms with Crippen molar-refractivity contribution in [2.24, 2.45) is 0 Å². The molecule has 25 heavy (non-hydrogen) atoms. The predicted octanol–water partition coefficient (Wildman–Crippen LogP) is 3.01. The molecule has 124 valence electrons. The Morgan fingerprint density at radius 3 is 2.72 bits per heavy atom. The first kappa shape index (κ1) is 15.1. The van der Waals surface area contributed by atoms with Crippen LogP contribution in [0.1, 0.15) is 29.0 Å². The van der Waals surface area contributed by atoms with Gasteiger partial charge in [0.15, 0.2) is 11.3 Å². The van der Waals surface area contributed by atoms with E-state index in [1.807, 2.05) is 54.2 Å². The van der Waals surface area contributed by atoms with Crippen LogP contribution in [-0.2, 0) is 0 Å². The average Bonchev–Trinajstić information content (AvgIpc) is 3.31. The van der Waals surface area contributed by atoms with Gasteiger partial charge in [-0.2, -0.15) is 5.10 Å². The molecule has 0 spiro atoms. The molecule has 6 nitrogen and oxygen atoms in total. The zero-order valence-corrected chi connectivity index (χ0v) is 13.7. The Bertz CT molecular complexity index is 986. The Morgan fingerprint density at radius 2 is 1.92 bits per heavy atom. The second kappa shape index (κ2) is 6.24. The average molecular weight is 331 g/mol. The van der Waals surface area contributed by atoms with Crippen molar-refractivity contribution in [2.45, 2.75) is 13.0 Å². The first-order valence-corrected chi connectivity index (χ1v) is 8.05. The normalized spacial score (nSPS) is 12.2. The van der Waals surface area contributed by atoms with Gasteiger partial charge in [-0.05, 0) is 42.8 Å². The minimum atomic E-state index is -0.218. The highest BCUT2D eigenvalue weighted by molar-refractivity contribution is 5.93. The van der Waals surface area contributed by atoms with Crippen LogP contribution in [0, 0.1) is 0 Å². The summed E-state index contributed by atoms with van der Waals surface area (Å²) in [5.74, 6) is -0.218. The van der Waals surface area contributed by atoms with Crippen LogP contribution in [-0.4, -0.2) is 25.1 Å². The van der Waals surface area contributed by atoms with Gasteiger partial charge in [-0.15, -0.1) is 0 Å². The topological polar surface area (TPSA) is 64.2 Å². The molecule has 1 unspecified atom stereocenters. The fourth-order valence-electron chi connectivity index (χ4n) is 2.76. The second-order valence-electron chi connectivity index (χ2n) is 5.83. The highest BCUT2D eigenvalue weighted by Crippen LogP contribution is 2.17. The second-order valence-corrected chi connectivity index (χ2v) is 5.83. The van der Waals surface area contributed by atoms with E-state index in [1.54, 1.807) is 29.0 Å². The molecule has 0 saturated heterocycles. The lowest BCUT2D eigenvalue weighted by Crippen LogP contribution is -2.27. The Kier molecular flexibility index (Phi) is 3.78. The van der Waals surface area contributed by atoms with Crippen LogP contribution in [0.15, 0.2) is 73.3 Å². The predicted molar refractivity (Wildman–Crippen MR) is 94.6 cm³/mol. The van der Waals surface area contributed by atoms with Crippen LogP contribution in [0.2, 0.25) is 0 Å². The summed E-state index contributed by atoms with van der Waals surface area (Å²) in [5.41, 5.74) is 3.09. The van der Waals surface area contributed by atoms with Gasteiger partial charge in [0.1, 0.15) is 0 Å². The van der Waals surface area contributed by atoms with Gasteiger partial charge in [-0.3, -0.25) is 4.79 Å². The van der Waals surface area contributed by atoms with Gasteiger partial charge >= 0.3 is 0 Å². The van der Waals surface area contributed by atoms with E-state index >= 15 is 0 Å². The van der Waals surface area contributed by atoms with Gasteiger partial charge < -0.3 is 9.88 Å². The molecule has 0 aliphatic carbocycles. The number of carbonyl (C=O) groups excluding carboxylic acids is 1. The number of hydrogen-bond acceptors (Lipinski definition) is 3. The maximum absolute atomic E-state index is 12.5. The van der Waals surface area contributed by atoms with Crippen LogP contribution >= 0.6 is 0 Å². The van der Waals surface area contributed by atoms with Crippen molar-refractivity contribution in [3.8, 4) is 5.69 Å². The van der Waals surface area contributed by atoms with E-state index in [1.165, 1.54) is 0 Å². The molecule has 0 bridgehead atoms. The number of benzene rings is 1. The number of nitrogens with one attached hydrogen (secondary N) is 1. The van der Waals surface area contributed by atoms with Gasteiger partial charge in [0, 0.05) is 36.5 Å². The summed E-state index contributed by atoms with van der Waals surface area (Å²) in [7, 11) is 0. The highest BCUT2D eigenvalue weighted by Gasteiger charge is 2.15. The minimum absolute atomic E-state index is 0.138. The molecule has 1 N–H and O–H groups in total. The summed E-state index contributed by atoms with van der Waals surface area (Å²) in [5, 5.41) is 7.25.